The Morgan fingerprint density at radius 1 is 1.13 bits per heavy atom. The number of hydrogen-bond donors (Lipinski definition) is 1. The highest BCUT2D eigenvalue weighted by atomic mass is 19.4. The Morgan fingerprint density at radius 2 is 1.87 bits per heavy atom. The van der Waals surface area contributed by atoms with Gasteiger partial charge in [-0.3, -0.25) is 4.79 Å². The number of carbonyl (C=O) groups excluding carboxylic acids is 1. The maximum atomic E-state index is 14.9. The Balaban J connectivity index is 1.54. The second kappa shape index (κ2) is 7.98. The Kier molecular flexibility index (Phi) is 5.67. The smallest absolute Gasteiger partial charge is 0.393 e. The SMILES string of the molecule is O=C1N(C2CCC(O)CC2)CC[C@@]12CCCN(C1=NC=CCC(C(F)(F)F)=C1F)C2. The van der Waals surface area contributed by atoms with Gasteiger partial charge in [0.15, 0.2) is 11.7 Å². The van der Waals surface area contributed by atoms with Gasteiger partial charge < -0.3 is 14.9 Å². The number of carbonyl (C=O) groups is 1. The number of amidine groups is 1. The van der Waals surface area contributed by atoms with Crippen molar-refractivity contribution >= 4 is 11.7 Å². The molecule has 1 N–H and O–H groups in total. The van der Waals surface area contributed by atoms with Crippen LogP contribution in [0.25, 0.3) is 0 Å². The maximum Gasteiger partial charge on any atom is 0.415 e. The van der Waals surface area contributed by atoms with E-state index in [1.807, 2.05) is 4.90 Å². The molecule has 0 aromatic rings. The lowest BCUT2D eigenvalue weighted by Crippen LogP contribution is -2.51. The fourth-order valence-electron chi connectivity index (χ4n) is 5.29. The van der Waals surface area contributed by atoms with E-state index in [0.29, 0.717) is 45.2 Å². The molecule has 4 rings (SSSR count). The molecule has 3 heterocycles. The average molecular weight is 429 g/mol. The third-order valence-corrected chi connectivity index (χ3v) is 6.96. The highest BCUT2D eigenvalue weighted by Gasteiger charge is 2.51. The molecular formula is C21H27F4N3O2. The molecule has 30 heavy (non-hydrogen) atoms. The van der Waals surface area contributed by atoms with Crippen LogP contribution in [-0.4, -0.2) is 64.6 Å². The van der Waals surface area contributed by atoms with E-state index in [-0.39, 0.29) is 30.4 Å². The second-order valence-corrected chi connectivity index (χ2v) is 8.85. The van der Waals surface area contributed by atoms with Gasteiger partial charge in [-0.15, -0.1) is 0 Å². The van der Waals surface area contributed by atoms with E-state index >= 15 is 0 Å². The van der Waals surface area contributed by atoms with Crippen LogP contribution in [0.4, 0.5) is 17.6 Å². The number of nitrogens with zero attached hydrogens (tertiary/aromatic N) is 3. The first-order valence-corrected chi connectivity index (χ1v) is 10.6. The number of halogens is 4. The van der Waals surface area contributed by atoms with Crippen molar-refractivity contribution in [2.75, 3.05) is 19.6 Å². The number of rotatable bonds is 1. The van der Waals surface area contributed by atoms with Crippen LogP contribution in [0.3, 0.4) is 0 Å². The zero-order valence-electron chi connectivity index (χ0n) is 16.8. The molecule has 1 amide bonds. The molecule has 1 atom stereocenters. The molecule has 3 fully saturated rings. The van der Waals surface area contributed by atoms with Crippen molar-refractivity contribution in [3.8, 4) is 0 Å². The zero-order valence-corrected chi connectivity index (χ0v) is 16.8. The van der Waals surface area contributed by atoms with E-state index < -0.39 is 29.4 Å². The van der Waals surface area contributed by atoms with Crippen LogP contribution in [0, 0.1) is 5.41 Å². The maximum absolute atomic E-state index is 14.9. The Hall–Kier alpha value is -1.90. The molecule has 0 bridgehead atoms. The summed E-state index contributed by atoms with van der Waals surface area (Å²) in [4.78, 5) is 20.7. The summed E-state index contributed by atoms with van der Waals surface area (Å²) in [7, 11) is 0. The number of aliphatic imine (C=N–C) groups is 1. The molecule has 0 radical (unpaired) electrons. The van der Waals surface area contributed by atoms with Crippen LogP contribution in [0.5, 0.6) is 0 Å². The molecule has 4 aliphatic rings. The first-order valence-electron chi connectivity index (χ1n) is 10.6. The minimum absolute atomic E-state index is 0.0128. The number of alkyl halides is 3. The van der Waals surface area contributed by atoms with Crippen LogP contribution >= 0.6 is 0 Å². The van der Waals surface area contributed by atoms with E-state index in [9.17, 15) is 27.5 Å². The fourth-order valence-corrected chi connectivity index (χ4v) is 5.29. The Bertz CT molecular complexity index is 784. The van der Waals surface area contributed by atoms with Gasteiger partial charge in [0.2, 0.25) is 5.91 Å². The summed E-state index contributed by atoms with van der Waals surface area (Å²) in [6.45, 7) is 1.16. The molecule has 1 saturated carbocycles. The highest BCUT2D eigenvalue weighted by molar-refractivity contribution is 5.98. The van der Waals surface area contributed by atoms with Gasteiger partial charge in [0, 0.05) is 38.3 Å². The molecule has 166 valence electrons. The van der Waals surface area contributed by atoms with Gasteiger partial charge in [0.05, 0.1) is 17.1 Å². The van der Waals surface area contributed by atoms with Crippen molar-refractivity contribution in [2.45, 2.75) is 69.7 Å². The van der Waals surface area contributed by atoms with E-state index in [0.717, 1.165) is 12.8 Å². The topological polar surface area (TPSA) is 56.1 Å². The van der Waals surface area contributed by atoms with Crippen molar-refractivity contribution < 1.29 is 27.5 Å². The molecule has 3 aliphatic heterocycles. The average Bonchev–Trinajstić information content (AvgIpc) is 2.87. The fraction of sp³-hybridized carbons (Fsp3) is 0.714. The van der Waals surface area contributed by atoms with Crippen molar-refractivity contribution in [1.29, 1.82) is 0 Å². The summed E-state index contributed by atoms with van der Waals surface area (Å²) in [6, 6.07) is 0.0993. The highest BCUT2D eigenvalue weighted by Crippen LogP contribution is 2.43. The largest absolute Gasteiger partial charge is 0.415 e. The van der Waals surface area contributed by atoms with Crippen LogP contribution in [-0.2, 0) is 4.79 Å². The number of hydrogen-bond acceptors (Lipinski definition) is 4. The number of likely N-dealkylation sites (tertiary alicyclic amines) is 2. The van der Waals surface area contributed by atoms with Crippen molar-refractivity contribution in [2.24, 2.45) is 10.4 Å². The predicted molar refractivity (Wildman–Crippen MR) is 103 cm³/mol. The van der Waals surface area contributed by atoms with Gasteiger partial charge in [-0.1, -0.05) is 6.08 Å². The third kappa shape index (κ3) is 3.88. The zero-order chi connectivity index (χ0) is 21.5. The standard InChI is InChI=1S/C21H27F4N3O2/c22-17-16(21(23,24)25)3-1-10-26-18(17)27-11-2-8-20(13-27)9-12-28(19(20)30)14-4-6-15(29)7-5-14/h1,10,14-15,29H,2-9,11-13H2/t14?,15?,20-/m1/s1. The first-order chi connectivity index (χ1) is 14.2. The summed E-state index contributed by atoms with van der Waals surface area (Å²) in [6.07, 6.45) is 1.52. The van der Waals surface area contributed by atoms with Crippen molar-refractivity contribution in [3.05, 3.63) is 23.7 Å². The molecule has 2 saturated heterocycles. The normalized spacial score (nSPS) is 33.4. The number of allylic oxidation sites excluding steroid dienone is 2. The molecule has 5 nitrogen and oxygen atoms in total. The molecule has 1 aliphatic carbocycles. The van der Waals surface area contributed by atoms with Crippen molar-refractivity contribution in [1.82, 2.24) is 9.80 Å². The number of aliphatic hydroxyl groups excluding tert-OH is 1. The van der Waals surface area contributed by atoms with Gasteiger partial charge >= 0.3 is 6.18 Å². The molecule has 1 spiro atoms. The van der Waals surface area contributed by atoms with Crippen LogP contribution in [0.2, 0.25) is 0 Å². The van der Waals surface area contributed by atoms with E-state index in [1.54, 1.807) is 0 Å². The van der Waals surface area contributed by atoms with E-state index in [4.69, 9.17) is 0 Å². The van der Waals surface area contributed by atoms with Gasteiger partial charge in [0.1, 0.15) is 0 Å². The van der Waals surface area contributed by atoms with Gasteiger partial charge in [0.25, 0.3) is 0 Å². The first kappa shape index (κ1) is 21.3. The summed E-state index contributed by atoms with van der Waals surface area (Å²) in [5, 5.41) is 9.73. The summed E-state index contributed by atoms with van der Waals surface area (Å²) in [5.74, 6) is -1.64. The van der Waals surface area contributed by atoms with E-state index in [1.165, 1.54) is 17.2 Å². The van der Waals surface area contributed by atoms with E-state index in [2.05, 4.69) is 4.99 Å². The third-order valence-electron chi connectivity index (χ3n) is 6.96. The molecule has 0 unspecified atom stereocenters. The molecule has 0 aromatic heterocycles. The number of piperidine rings is 1. The van der Waals surface area contributed by atoms with Crippen molar-refractivity contribution in [3.63, 3.8) is 0 Å². The number of amides is 1. The second-order valence-electron chi connectivity index (χ2n) is 8.85. The molecule has 0 aromatic carbocycles. The summed E-state index contributed by atoms with van der Waals surface area (Å²) in [5.41, 5.74) is -1.93. The lowest BCUT2D eigenvalue weighted by molar-refractivity contribution is -0.140. The predicted octanol–water partition coefficient (Wildman–Crippen LogP) is 3.71. The lowest BCUT2D eigenvalue weighted by Gasteiger charge is -2.41. The van der Waals surface area contributed by atoms with Gasteiger partial charge in [-0.05, 0) is 44.9 Å². The monoisotopic (exact) mass is 429 g/mol. The van der Waals surface area contributed by atoms with Gasteiger partial charge in [-0.25, -0.2) is 9.38 Å². The minimum atomic E-state index is -4.77. The van der Waals surface area contributed by atoms with Crippen LogP contribution in [0.15, 0.2) is 28.7 Å². The Labute approximate surface area is 173 Å². The molecule has 9 heteroatoms. The van der Waals surface area contributed by atoms with Crippen LogP contribution < -0.4 is 0 Å². The number of aliphatic hydroxyl groups is 1. The Morgan fingerprint density at radius 3 is 2.57 bits per heavy atom. The molecular weight excluding hydrogens is 402 g/mol. The van der Waals surface area contributed by atoms with Gasteiger partial charge in [-0.2, -0.15) is 13.2 Å². The van der Waals surface area contributed by atoms with Crippen LogP contribution in [0.1, 0.15) is 51.4 Å². The summed E-state index contributed by atoms with van der Waals surface area (Å²) >= 11 is 0. The summed E-state index contributed by atoms with van der Waals surface area (Å²) < 4.78 is 54.7. The lowest BCUT2D eigenvalue weighted by atomic mass is 9.78. The quantitative estimate of drug-likeness (QED) is 0.647. The minimum Gasteiger partial charge on any atom is -0.393 e.